The molecule has 1 N–H and O–H groups in total. The quantitative estimate of drug-likeness (QED) is 0.733. The van der Waals surface area contributed by atoms with Crippen LogP contribution in [-0.2, 0) is 14.8 Å². The second-order valence-electron chi connectivity index (χ2n) is 6.60. The van der Waals surface area contributed by atoms with E-state index in [-0.39, 0.29) is 11.5 Å². The van der Waals surface area contributed by atoms with Crippen molar-refractivity contribution < 1.29 is 23.1 Å². The Labute approximate surface area is 160 Å². The molecule has 1 unspecified atom stereocenters. The maximum absolute atomic E-state index is 12.0. The van der Waals surface area contributed by atoms with E-state index < -0.39 is 22.1 Å². The molecular weight excluding hydrogens is 366 g/mol. The molecule has 0 saturated heterocycles. The molecule has 2 aromatic rings. The van der Waals surface area contributed by atoms with E-state index in [2.05, 4.69) is 0 Å². The Morgan fingerprint density at radius 2 is 1.78 bits per heavy atom. The zero-order valence-electron chi connectivity index (χ0n) is 15.9. The van der Waals surface area contributed by atoms with Gasteiger partial charge in [-0.1, -0.05) is 37.3 Å². The first-order chi connectivity index (χ1) is 12.6. The van der Waals surface area contributed by atoms with Crippen molar-refractivity contribution in [1.29, 1.82) is 0 Å². The summed E-state index contributed by atoms with van der Waals surface area (Å²) in [4.78, 5) is 12.0. The number of rotatable bonds is 7. The van der Waals surface area contributed by atoms with Gasteiger partial charge in [0.25, 0.3) is 0 Å². The van der Waals surface area contributed by atoms with Gasteiger partial charge < -0.3 is 9.84 Å². The van der Waals surface area contributed by atoms with Crippen molar-refractivity contribution in [2.75, 3.05) is 24.7 Å². The van der Waals surface area contributed by atoms with Crippen LogP contribution in [0.3, 0.4) is 0 Å². The first-order valence-electron chi connectivity index (χ1n) is 8.53. The summed E-state index contributed by atoms with van der Waals surface area (Å²) in [7, 11) is -0.864. The Balaban J connectivity index is 2.37. The molecule has 0 aliphatic rings. The standard InChI is InChI=1S/C20H25NO5S/c1-14(15-8-6-5-7-9-15)10-19(22)16-11-17(20(23)26-3)13-18(12-16)21(2)27(4,24)25/h5-9,11-14,19,22H,10H2,1-4H3/t14-,19?/m1/s1. The van der Waals surface area contributed by atoms with Crippen LogP contribution in [0, 0.1) is 0 Å². The molecule has 0 spiro atoms. The molecule has 0 amide bonds. The van der Waals surface area contributed by atoms with Crippen LogP contribution in [0.15, 0.2) is 48.5 Å². The third kappa shape index (κ3) is 5.30. The highest BCUT2D eigenvalue weighted by atomic mass is 32.2. The topological polar surface area (TPSA) is 83.9 Å². The maximum atomic E-state index is 12.0. The minimum Gasteiger partial charge on any atom is -0.465 e. The predicted octanol–water partition coefficient (Wildman–Crippen LogP) is 3.10. The Morgan fingerprint density at radius 3 is 2.33 bits per heavy atom. The van der Waals surface area contributed by atoms with Gasteiger partial charge >= 0.3 is 5.97 Å². The Morgan fingerprint density at radius 1 is 1.15 bits per heavy atom. The van der Waals surface area contributed by atoms with E-state index >= 15 is 0 Å². The van der Waals surface area contributed by atoms with Crippen LogP contribution in [0.5, 0.6) is 0 Å². The van der Waals surface area contributed by atoms with Crippen molar-refractivity contribution in [2.24, 2.45) is 0 Å². The lowest BCUT2D eigenvalue weighted by Crippen LogP contribution is -2.25. The van der Waals surface area contributed by atoms with Gasteiger partial charge in [0, 0.05) is 7.05 Å². The van der Waals surface area contributed by atoms with Crippen LogP contribution >= 0.6 is 0 Å². The zero-order valence-corrected chi connectivity index (χ0v) is 16.7. The van der Waals surface area contributed by atoms with Gasteiger partial charge in [0.15, 0.2) is 0 Å². The summed E-state index contributed by atoms with van der Waals surface area (Å²) < 4.78 is 29.6. The van der Waals surface area contributed by atoms with Crippen LogP contribution in [0.4, 0.5) is 5.69 Å². The SMILES string of the molecule is COC(=O)c1cc(C(O)C[C@@H](C)c2ccccc2)cc(N(C)S(C)(=O)=O)c1. The number of aliphatic hydroxyl groups excluding tert-OH is 1. The highest BCUT2D eigenvalue weighted by Gasteiger charge is 2.20. The second-order valence-corrected chi connectivity index (χ2v) is 8.61. The fourth-order valence-electron chi connectivity index (χ4n) is 2.82. The molecule has 7 heteroatoms. The number of ether oxygens (including phenoxy) is 1. The number of sulfonamides is 1. The van der Waals surface area contributed by atoms with Gasteiger partial charge in [-0.15, -0.1) is 0 Å². The summed E-state index contributed by atoms with van der Waals surface area (Å²) in [5.41, 5.74) is 2.04. The summed E-state index contributed by atoms with van der Waals surface area (Å²) in [6, 6.07) is 14.3. The van der Waals surface area contributed by atoms with Gasteiger partial charge in [0.2, 0.25) is 10.0 Å². The summed E-state index contributed by atoms with van der Waals surface area (Å²) in [6.07, 6.45) is 0.638. The van der Waals surface area contributed by atoms with E-state index in [0.717, 1.165) is 16.1 Å². The first kappa shape index (κ1) is 20.9. The molecule has 0 bridgehead atoms. The van der Waals surface area contributed by atoms with Gasteiger partial charge in [-0.2, -0.15) is 0 Å². The van der Waals surface area contributed by atoms with Crippen LogP contribution in [-0.4, -0.2) is 39.9 Å². The van der Waals surface area contributed by atoms with Crippen molar-refractivity contribution in [2.45, 2.75) is 25.4 Å². The van der Waals surface area contributed by atoms with Gasteiger partial charge in [0.1, 0.15) is 0 Å². The van der Waals surface area contributed by atoms with E-state index in [4.69, 9.17) is 4.74 Å². The lowest BCUT2D eigenvalue weighted by Gasteiger charge is -2.22. The minimum absolute atomic E-state index is 0.0825. The molecule has 2 aromatic carbocycles. The molecule has 0 heterocycles. The summed E-state index contributed by atoms with van der Waals surface area (Å²) in [5, 5.41) is 10.7. The van der Waals surface area contributed by atoms with Crippen molar-refractivity contribution in [1.82, 2.24) is 0 Å². The average Bonchev–Trinajstić information content (AvgIpc) is 2.66. The summed E-state index contributed by atoms with van der Waals surface area (Å²) in [6.45, 7) is 2.01. The molecule has 146 valence electrons. The Hall–Kier alpha value is -2.38. The van der Waals surface area contributed by atoms with Crippen LogP contribution in [0.25, 0.3) is 0 Å². The third-order valence-corrected chi connectivity index (χ3v) is 5.76. The van der Waals surface area contributed by atoms with Gasteiger partial charge in [0.05, 0.1) is 30.7 Å². The molecule has 0 aliphatic heterocycles. The molecule has 27 heavy (non-hydrogen) atoms. The number of methoxy groups -OCH3 is 1. The van der Waals surface area contributed by atoms with Gasteiger partial charge in [-0.25, -0.2) is 13.2 Å². The number of nitrogens with zero attached hydrogens (tertiary/aromatic N) is 1. The molecule has 0 radical (unpaired) electrons. The number of carbonyl (C=O) groups is 1. The van der Waals surface area contributed by atoms with Gasteiger partial charge in [-0.3, -0.25) is 4.31 Å². The smallest absolute Gasteiger partial charge is 0.337 e. The van der Waals surface area contributed by atoms with E-state index in [9.17, 15) is 18.3 Å². The number of esters is 1. The number of hydrogen-bond donors (Lipinski definition) is 1. The first-order valence-corrected chi connectivity index (χ1v) is 10.4. The Kier molecular flexibility index (Phi) is 6.62. The van der Waals surface area contributed by atoms with E-state index in [1.54, 1.807) is 6.07 Å². The molecule has 2 rings (SSSR count). The van der Waals surface area contributed by atoms with Crippen LogP contribution < -0.4 is 4.31 Å². The normalized spacial score (nSPS) is 13.7. The zero-order chi connectivity index (χ0) is 20.2. The number of anilines is 1. The van der Waals surface area contributed by atoms with E-state index in [0.29, 0.717) is 17.7 Å². The maximum Gasteiger partial charge on any atom is 0.337 e. The predicted molar refractivity (Wildman–Crippen MR) is 105 cm³/mol. The van der Waals surface area contributed by atoms with Gasteiger partial charge in [-0.05, 0) is 41.7 Å². The molecule has 6 nitrogen and oxygen atoms in total. The molecular formula is C20H25NO5S. The molecule has 0 aliphatic carbocycles. The summed E-state index contributed by atoms with van der Waals surface area (Å²) >= 11 is 0. The number of benzene rings is 2. The van der Waals surface area contributed by atoms with Crippen molar-refractivity contribution >= 4 is 21.7 Å². The van der Waals surface area contributed by atoms with E-state index in [1.165, 1.54) is 26.3 Å². The Bertz CT molecular complexity index is 896. The molecule has 0 saturated carbocycles. The van der Waals surface area contributed by atoms with Crippen molar-refractivity contribution in [3.05, 3.63) is 65.2 Å². The number of carbonyl (C=O) groups excluding carboxylic acids is 1. The van der Waals surface area contributed by atoms with Crippen LogP contribution in [0.2, 0.25) is 0 Å². The monoisotopic (exact) mass is 391 g/mol. The van der Waals surface area contributed by atoms with E-state index in [1.807, 2.05) is 37.3 Å². The molecule has 2 atom stereocenters. The fourth-order valence-corrected chi connectivity index (χ4v) is 3.31. The highest BCUT2D eigenvalue weighted by molar-refractivity contribution is 7.92. The van der Waals surface area contributed by atoms with Crippen molar-refractivity contribution in [3.63, 3.8) is 0 Å². The summed E-state index contributed by atoms with van der Waals surface area (Å²) in [5.74, 6) is -0.512. The lowest BCUT2D eigenvalue weighted by molar-refractivity contribution is 0.0600. The molecule has 0 fully saturated rings. The minimum atomic E-state index is -3.51. The second kappa shape index (κ2) is 8.54. The van der Waals surface area contributed by atoms with Crippen molar-refractivity contribution in [3.8, 4) is 0 Å². The average molecular weight is 391 g/mol. The largest absolute Gasteiger partial charge is 0.465 e. The van der Waals surface area contributed by atoms with Crippen LogP contribution in [0.1, 0.15) is 46.9 Å². The molecule has 0 aromatic heterocycles. The highest BCUT2D eigenvalue weighted by Crippen LogP contribution is 2.31. The third-order valence-electron chi connectivity index (χ3n) is 4.55. The number of aliphatic hydroxyl groups is 1. The lowest BCUT2D eigenvalue weighted by atomic mass is 9.91. The fraction of sp³-hybridized carbons (Fsp3) is 0.350. The number of hydrogen-bond acceptors (Lipinski definition) is 5.